The summed E-state index contributed by atoms with van der Waals surface area (Å²) in [7, 11) is 0. The van der Waals surface area contributed by atoms with Gasteiger partial charge in [0.15, 0.2) is 5.65 Å². The molecule has 0 aliphatic carbocycles. The van der Waals surface area contributed by atoms with Crippen molar-refractivity contribution in [3.63, 3.8) is 0 Å². The Morgan fingerprint density at radius 3 is 2.67 bits per heavy atom. The van der Waals surface area contributed by atoms with Crippen molar-refractivity contribution in [2.75, 3.05) is 0 Å². The minimum Gasteiger partial charge on any atom is -0.478 e. The third kappa shape index (κ3) is 1.71. The predicted octanol–water partition coefficient (Wildman–Crippen LogP) is 2.09. The zero-order chi connectivity index (χ0) is 12.5. The molecule has 5 nitrogen and oxygen atoms in total. The molecule has 0 radical (unpaired) electrons. The molecule has 0 fully saturated rings. The third-order valence-electron chi connectivity index (χ3n) is 2.66. The SMILES string of the molecule is O=C(O)c1ccc(-c2cc3ncccn3n2)cc1. The van der Waals surface area contributed by atoms with Crippen LogP contribution in [0.3, 0.4) is 0 Å². The summed E-state index contributed by atoms with van der Waals surface area (Å²) in [5, 5.41) is 13.2. The molecular formula is C13H9N3O2. The van der Waals surface area contributed by atoms with Gasteiger partial charge in [-0.3, -0.25) is 0 Å². The van der Waals surface area contributed by atoms with Crippen molar-refractivity contribution in [1.82, 2.24) is 14.6 Å². The molecule has 0 spiro atoms. The average molecular weight is 239 g/mol. The van der Waals surface area contributed by atoms with E-state index >= 15 is 0 Å². The van der Waals surface area contributed by atoms with E-state index in [0.29, 0.717) is 0 Å². The number of nitrogens with zero attached hydrogens (tertiary/aromatic N) is 3. The zero-order valence-corrected chi connectivity index (χ0v) is 9.32. The van der Waals surface area contributed by atoms with Crippen LogP contribution in [-0.4, -0.2) is 25.7 Å². The van der Waals surface area contributed by atoms with Gasteiger partial charge in [0.2, 0.25) is 0 Å². The molecule has 0 bridgehead atoms. The Hall–Kier alpha value is -2.69. The molecule has 5 heteroatoms. The number of carboxylic acid groups (broad SMARTS) is 1. The van der Waals surface area contributed by atoms with Crippen molar-refractivity contribution in [2.24, 2.45) is 0 Å². The largest absolute Gasteiger partial charge is 0.478 e. The summed E-state index contributed by atoms with van der Waals surface area (Å²) in [6, 6.07) is 10.3. The number of hydrogen-bond donors (Lipinski definition) is 1. The molecule has 3 rings (SSSR count). The van der Waals surface area contributed by atoms with Gasteiger partial charge in [-0.15, -0.1) is 0 Å². The summed E-state index contributed by atoms with van der Waals surface area (Å²) < 4.78 is 1.68. The topological polar surface area (TPSA) is 67.5 Å². The molecule has 0 atom stereocenters. The van der Waals surface area contributed by atoms with Crippen molar-refractivity contribution in [1.29, 1.82) is 0 Å². The lowest BCUT2D eigenvalue weighted by Crippen LogP contribution is -1.95. The maximum absolute atomic E-state index is 10.8. The highest BCUT2D eigenvalue weighted by Gasteiger charge is 2.06. The fraction of sp³-hybridized carbons (Fsp3) is 0. The molecule has 2 aromatic heterocycles. The van der Waals surface area contributed by atoms with Crippen molar-refractivity contribution in [2.45, 2.75) is 0 Å². The van der Waals surface area contributed by atoms with Gasteiger partial charge in [0.05, 0.1) is 11.3 Å². The number of hydrogen-bond acceptors (Lipinski definition) is 3. The highest BCUT2D eigenvalue weighted by molar-refractivity contribution is 5.88. The maximum atomic E-state index is 10.8. The van der Waals surface area contributed by atoms with Gasteiger partial charge in [-0.1, -0.05) is 12.1 Å². The second-order valence-corrected chi connectivity index (χ2v) is 3.83. The van der Waals surface area contributed by atoms with E-state index in [9.17, 15) is 4.79 Å². The summed E-state index contributed by atoms with van der Waals surface area (Å²) in [6.45, 7) is 0. The second-order valence-electron chi connectivity index (χ2n) is 3.83. The molecule has 1 aromatic carbocycles. The lowest BCUT2D eigenvalue weighted by Gasteiger charge is -1.97. The Balaban J connectivity index is 2.06. The van der Waals surface area contributed by atoms with Crippen LogP contribution in [-0.2, 0) is 0 Å². The smallest absolute Gasteiger partial charge is 0.335 e. The number of benzene rings is 1. The lowest BCUT2D eigenvalue weighted by molar-refractivity contribution is 0.0697. The second kappa shape index (κ2) is 3.96. The first-order valence-electron chi connectivity index (χ1n) is 5.38. The van der Waals surface area contributed by atoms with E-state index in [1.165, 1.54) is 0 Å². The first kappa shape index (κ1) is 10.5. The van der Waals surface area contributed by atoms with E-state index in [1.54, 1.807) is 41.0 Å². The summed E-state index contributed by atoms with van der Waals surface area (Å²) in [6.07, 6.45) is 3.52. The Bertz CT molecular complexity index is 683. The predicted molar refractivity (Wildman–Crippen MR) is 65.4 cm³/mol. The Labute approximate surface area is 102 Å². The molecule has 0 amide bonds. The van der Waals surface area contributed by atoms with Crippen LogP contribution in [0, 0.1) is 0 Å². The zero-order valence-electron chi connectivity index (χ0n) is 9.32. The van der Waals surface area contributed by atoms with Crippen molar-refractivity contribution >= 4 is 11.6 Å². The third-order valence-corrected chi connectivity index (χ3v) is 2.66. The van der Waals surface area contributed by atoms with Gasteiger partial charge in [0.25, 0.3) is 0 Å². The average Bonchev–Trinajstić information content (AvgIpc) is 2.82. The summed E-state index contributed by atoms with van der Waals surface area (Å²) in [4.78, 5) is 14.9. The van der Waals surface area contributed by atoms with Crippen LogP contribution in [0.15, 0.2) is 48.8 Å². The first-order chi connectivity index (χ1) is 8.74. The quantitative estimate of drug-likeness (QED) is 0.743. The molecule has 0 saturated carbocycles. The van der Waals surface area contributed by atoms with E-state index < -0.39 is 5.97 Å². The number of carboxylic acids is 1. The van der Waals surface area contributed by atoms with Crippen molar-refractivity contribution < 1.29 is 9.90 Å². The Morgan fingerprint density at radius 1 is 1.22 bits per heavy atom. The molecule has 0 aliphatic rings. The van der Waals surface area contributed by atoms with Gasteiger partial charge in [0.1, 0.15) is 0 Å². The number of aromatic nitrogens is 3. The molecule has 0 saturated heterocycles. The summed E-state index contributed by atoms with van der Waals surface area (Å²) in [5.41, 5.74) is 2.66. The molecule has 0 unspecified atom stereocenters. The van der Waals surface area contributed by atoms with Crippen LogP contribution in [0.5, 0.6) is 0 Å². The summed E-state index contributed by atoms with van der Waals surface area (Å²) >= 11 is 0. The highest BCUT2D eigenvalue weighted by Crippen LogP contribution is 2.19. The highest BCUT2D eigenvalue weighted by atomic mass is 16.4. The van der Waals surface area contributed by atoms with Crippen molar-refractivity contribution in [3.8, 4) is 11.3 Å². The normalized spacial score (nSPS) is 10.7. The molecule has 3 aromatic rings. The molecule has 1 N–H and O–H groups in total. The van der Waals surface area contributed by atoms with Crippen molar-refractivity contribution in [3.05, 3.63) is 54.4 Å². The van der Waals surface area contributed by atoms with Gasteiger partial charge < -0.3 is 5.11 Å². The number of aromatic carboxylic acids is 1. The van der Waals surface area contributed by atoms with E-state index in [2.05, 4.69) is 10.1 Å². The monoisotopic (exact) mass is 239 g/mol. The molecular weight excluding hydrogens is 230 g/mol. The first-order valence-corrected chi connectivity index (χ1v) is 5.38. The number of rotatable bonds is 2. The van der Waals surface area contributed by atoms with Crippen LogP contribution in [0.1, 0.15) is 10.4 Å². The van der Waals surface area contributed by atoms with Gasteiger partial charge in [0, 0.05) is 24.0 Å². The standard InChI is InChI=1S/C13H9N3O2/c17-13(18)10-4-2-9(3-5-10)11-8-12-14-6-1-7-16(12)15-11/h1-8H,(H,17,18). The minimum atomic E-state index is -0.932. The molecule has 0 aliphatic heterocycles. The summed E-state index contributed by atoms with van der Waals surface area (Å²) in [5.74, 6) is -0.932. The van der Waals surface area contributed by atoms with Gasteiger partial charge in [-0.05, 0) is 18.2 Å². The Morgan fingerprint density at radius 2 is 2.00 bits per heavy atom. The molecule has 18 heavy (non-hydrogen) atoms. The lowest BCUT2D eigenvalue weighted by atomic mass is 10.1. The van der Waals surface area contributed by atoms with Crippen LogP contribution in [0.4, 0.5) is 0 Å². The van der Waals surface area contributed by atoms with Gasteiger partial charge in [-0.2, -0.15) is 5.10 Å². The van der Waals surface area contributed by atoms with Crippen LogP contribution in [0.25, 0.3) is 16.9 Å². The van der Waals surface area contributed by atoms with Gasteiger partial charge in [-0.25, -0.2) is 14.3 Å². The fourth-order valence-corrected chi connectivity index (χ4v) is 1.75. The minimum absolute atomic E-state index is 0.264. The van der Waals surface area contributed by atoms with E-state index in [1.807, 2.05) is 12.3 Å². The van der Waals surface area contributed by atoms with E-state index in [0.717, 1.165) is 16.9 Å². The van der Waals surface area contributed by atoms with E-state index in [-0.39, 0.29) is 5.56 Å². The maximum Gasteiger partial charge on any atom is 0.335 e. The molecule has 2 heterocycles. The van der Waals surface area contributed by atoms with Crippen LogP contribution >= 0.6 is 0 Å². The Kier molecular flexibility index (Phi) is 2.30. The fourth-order valence-electron chi connectivity index (χ4n) is 1.75. The van der Waals surface area contributed by atoms with Gasteiger partial charge >= 0.3 is 5.97 Å². The number of carbonyl (C=O) groups is 1. The van der Waals surface area contributed by atoms with E-state index in [4.69, 9.17) is 5.11 Å². The van der Waals surface area contributed by atoms with Crippen LogP contribution < -0.4 is 0 Å². The number of fused-ring (bicyclic) bond motifs is 1. The van der Waals surface area contributed by atoms with Crippen LogP contribution in [0.2, 0.25) is 0 Å². The molecule has 88 valence electrons.